The van der Waals surface area contributed by atoms with Crippen LogP contribution in [0.3, 0.4) is 0 Å². The summed E-state index contributed by atoms with van der Waals surface area (Å²) in [6, 6.07) is 0. The fourth-order valence-corrected chi connectivity index (χ4v) is 0. The summed E-state index contributed by atoms with van der Waals surface area (Å²) in [6.07, 6.45) is 0. The molecule has 6 heteroatoms. The van der Waals surface area contributed by atoms with Crippen molar-refractivity contribution < 1.29 is 46.9 Å². The fourth-order valence-electron chi connectivity index (χ4n) is 0. The van der Waals surface area contributed by atoms with Gasteiger partial charge in [-0.2, -0.15) is 7.82 Å². The van der Waals surface area contributed by atoms with Crippen LogP contribution >= 0.6 is 7.82 Å². The largest absolute Gasteiger partial charge is 0.822 e. The molecule has 4 nitrogen and oxygen atoms in total. The Bertz CT molecular complexity index is 69.8. The van der Waals surface area contributed by atoms with E-state index >= 15 is 0 Å². The number of hydrogen-bond acceptors (Lipinski definition) is 4. The zero-order valence-corrected chi connectivity index (χ0v) is 10.6. The Morgan fingerprint density at radius 3 is 1.12 bits per heavy atom. The molecule has 0 radical (unpaired) electrons. The predicted octanol–water partition coefficient (Wildman–Crippen LogP) is -2.02. The van der Waals surface area contributed by atoms with Crippen LogP contribution in [0.15, 0.2) is 13.2 Å². The molecule has 0 bridgehead atoms. The van der Waals surface area contributed by atoms with E-state index in [0.717, 1.165) is 0 Å². The van der Waals surface area contributed by atoms with Gasteiger partial charge in [-0.15, -0.1) is 13.2 Å². The van der Waals surface area contributed by atoms with Crippen LogP contribution in [0.1, 0.15) is 0 Å². The van der Waals surface area contributed by atoms with Crippen LogP contribution in [0.2, 0.25) is 0 Å². The summed E-state index contributed by atoms with van der Waals surface area (Å²) in [7, 11) is -5.39. The molecule has 0 saturated heterocycles. The van der Waals surface area contributed by atoms with Gasteiger partial charge in [0.2, 0.25) is 0 Å². The summed E-state index contributed by atoms with van der Waals surface area (Å²) in [4.78, 5) is 25.6. The van der Waals surface area contributed by atoms with E-state index in [1.807, 2.05) is 0 Å². The first-order valence-electron chi connectivity index (χ1n) is 1.23. The summed E-state index contributed by atoms with van der Waals surface area (Å²) in [5, 5.41) is 0. The third-order valence-electron chi connectivity index (χ3n) is 0. The molecule has 0 rings (SSSR count). The van der Waals surface area contributed by atoms with Crippen molar-refractivity contribution >= 4 is 7.82 Å². The van der Waals surface area contributed by atoms with Gasteiger partial charge in [-0.25, -0.2) is 0 Å². The van der Waals surface area contributed by atoms with Crippen LogP contribution in [0.4, 0.5) is 0 Å². The molecular weight excluding hydrogens is 320 g/mol. The van der Waals surface area contributed by atoms with Crippen LogP contribution in [0.5, 0.6) is 0 Å². The topological polar surface area (TPSA) is 86.2 Å². The maximum absolute atomic E-state index is 8.55. The molecule has 0 amide bonds. The van der Waals surface area contributed by atoms with E-state index < -0.39 is 7.82 Å². The van der Waals surface area contributed by atoms with E-state index in [9.17, 15) is 0 Å². The van der Waals surface area contributed by atoms with Gasteiger partial charge in [-0.3, -0.25) is 0 Å². The zero-order valence-electron chi connectivity index (χ0n) is 4.20. The molecule has 0 spiro atoms. The van der Waals surface area contributed by atoms with Gasteiger partial charge in [-0.1, -0.05) is 0 Å². The van der Waals surface area contributed by atoms with Crippen molar-refractivity contribution in [3.8, 4) is 0 Å². The number of phosphoric acid groups is 1. The van der Waals surface area contributed by atoms with Crippen molar-refractivity contribution in [3.63, 3.8) is 0 Å². The average Bonchev–Trinajstić information content (AvgIpc) is 1.36. The minimum Gasteiger partial charge on any atom is -0.822 e. The molecule has 0 aromatic heterocycles. The minimum absolute atomic E-state index is 0. The van der Waals surface area contributed by atoms with E-state index in [-0.39, 0.29) is 27.7 Å². The first kappa shape index (κ1) is 15.9. The molecular formula is C2H4HgO4P-3. The molecule has 8 heavy (non-hydrogen) atoms. The molecule has 0 atom stereocenters. The molecule has 0 N–H and O–H groups in total. The summed E-state index contributed by atoms with van der Waals surface area (Å²) < 4.78 is 8.55. The molecule has 0 fully saturated rings. The molecule has 0 aliphatic heterocycles. The molecule has 0 aliphatic rings. The van der Waals surface area contributed by atoms with Crippen LogP contribution in [0.25, 0.3) is 0 Å². The van der Waals surface area contributed by atoms with E-state index in [4.69, 9.17) is 19.2 Å². The Morgan fingerprint density at radius 2 is 1.12 bits per heavy atom. The third-order valence-corrected chi connectivity index (χ3v) is 0. The van der Waals surface area contributed by atoms with Gasteiger partial charge in [0.1, 0.15) is 0 Å². The average molecular weight is 324 g/mol. The predicted molar refractivity (Wildman–Crippen MR) is 18.9 cm³/mol. The van der Waals surface area contributed by atoms with Crippen LogP contribution in [-0.2, 0) is 32.2 Å². The standard InChI is InChI=1S/C2H4.Hg.H3O4P/c1-2;;1-5(2,3)4/h1-2H2;;(H3,1,2,3,4)/p-3. The van der Waals surface area contributed by atoms with Crippen molar-refractivity contribution in [1.82, 2.24) is 0 Å². The van der Waals surface area contributed by atoms with Crippen molar-refractivity contribution in [2.75, 3.05) is 0 Å². The molecule has 46 valence electrons. The van der Waals surface area contributed by atoms with E-state index in [2.05, 4.69) is 13.2 Å². The van der Waals surface area contributed by atoms with Gasteiger partial charge < -0.3 is 19.2 Å². The monoisotopic (exact) mass is 325 g/mol. The normalized spacial score (nSPS) is 7.88. The van der Waals surface area contributed by atoms with Crippen molar-refractivity contribution in [2.24, 2.45) is 0 Å². The molecule has 0 aromatic rings. The Morgan fingerprint density at radius 1 is 1.12 bits per heavy atom. The second kappa shape index (κ2) is 7.79. The SMILES string of the molecule is C=C.O=P([O-])([O-])[O-].[Hg]. The molecule has 0 saturated carbocycles. The van der Waals surface area contributed by atoms with Crippen molar-refractivity contribution in [3.05, 3.63) is 13.2 Å². The minimum atomic E-state index is -5.39. The molecule has 0 aliphatic carbocycles. The van der Waals surface area contributed by atoms with E-state index in [0.29, 0.717) is 0 Å². The summed E-state index contributed by atoms with van der Waals surface area (Å²) in [5.74, 6) is 0. The van der Waals surface area contributed by atoms with Crippen LogP contribution in [0, 0.1) is 0 Å². The molecule has 0 aromatic carbocycles. The van der Waals surface area contributed by atoms with Gasteiger partial charge in [0.15, 0.2) is 0 Å². The quantitative estimate of drug-likeness (QED) is 0.292. The van der Waals surface area contributed by atoms with Crippen LogP contribution < -0.4 is 14.7 Å². The van der Waals surface area contributed by atoms with Gasteiger partial charge >= 0.3 is 0 Å². The van der Waals surface area contributed by atoms with E-state index in [1.54, 1.807) is 0 Å². The maximum Gasteiger partial charge on any atom is 0 e. The summed E-state index contributed by atoms with van der Waals surface area (Å²) >= 11 is 0. The number of hydrogen-bond donors (Lipinski definition) is 0. The first-order chi connectivity index (χ1) is 3.00. The van der Waals surface area contributed by atoms with Gasteiger partial charge in [0.05, 0.1) is 0 Å². The molecule has 0 unspecified atom stereocenters. The Labute approximate surface area is 68.0 Å². The van der Waals surface area contributed by atoms with Gasteiger partial charge in [0.25, 0.3) is 0 Å². The smallest absolute Gasteiger partial charge is 0 e. The van der Waals surface area contributed by atoms with Crippen molar-refractivity contribution in [1.29, 1.82) is 0 Å². The summed E-state index contributed by atoms with van der Waals surface area (Å²) in [5.41, 5.74) is 0. The zero-order chi connectivity index (χ0) is 6.50. The van der Waals surface area contributed by atoms with Crippen molar-refractivity contribution in [2.45, 2.75) is 0 Å². The fraction of sp³-hybridized carbons (Fsp3) is 0. The first-order valence-corrected chi connectivity index (χ1v) is 2.69. The Kier molecular flexibility index (Phi) is 15.5. The van der Waals surface area contributed by atoms with Gasteiger partial charge in [0, 0.05) is 27.7 Å². The second-order valence-electron chi connectivity index (χ2n) is 0.447. The number of rotatable bonds is 0. The maximum atomic E-state index is 8.55. The third kappa shape index (κ3) is 368. The Balaban J connectivity index is -0.0000000750. The molecule has 0 heterocycles. The Hall–Kier alpha value is 0.785. The van der Waals surface area contributed by atoms with Gasteiger partial charge in [-0.05, 0) is 0 Å². The second-order valence-corrected chi connectivity index (χ2v) is 1.34. The van der Waals surface area contributed by atoms with Crippen LogP contribution in [-0.4, -0.2) is 0 Å². The van der Waals surface area contributed by atoms with E-state index in [1.165, 1.54) is 0 Å². The summed E-state index contributed by atoms with van der Waals surface area (Å²) in [6.45, 7) is 6.00.